The maximum absolute atomic E-state index is 12.9. The summed E-state index contributed by atoms with van der Waals surface area (Å²) in [6.07, 6.45) is 1.75. The van der Waals surface area contributed by atoms with E-state index in [2.05, 4.69) is 19.2 Å². The second-order valence-corrected chi connectivity index (χ2v) is 7.14. The zero-order valence-corrected chi connectivity index (χ0v) is 14.0. The third-order valence-corrected chi connectivity index (χ3v) is 4.47. The number of piperazine rings is 1. The van der Waals surface area contributed by atoms with E-state index in [0.29, 0.717) is 0 Å². The van der Waals surface area contributed by atoms with Crippen LogP contribution in [-0.4, -0.2) is 34.8 Å². The Kier molecular flexibility index (Phi) is 5.22. The molecule has 0 saturated carbocycles. The van der Waals surface area contributed by atoms with E-state index in [1.54, 1.807) is 0 Å². The van der Waals surface area contributed by atoms with Crippen molar-refractivity contribution < 1.29 is 9.59 Å². The molecule has 4 nitrogen and oxygen atoms in total. The van der Waals surface area contributed by atoms with Crippen LogP contribution in [-0.2, 0) is 9.59 Å². The lowest BCUT2D eigenvalue weighted by Gasteiger charge is -2.47. The quantitative estimate of drug-likeness (QED) is 0.861. The predicted octanol–water partition coefficient (Wildman–Crippen LogP) is 2.57. The molecular formula is C16H30N2O2. The van der Waals surface area contributed by atoms with Crippen molar-refractivity contribution in [3.63, 3.8) is 0 Å². The Hall–Kier alpha value is -1.06. The number of nitrogens with zero attached hydrogens (tertiary/aromatic N) is 1. The summed E-state index contributed by atoms with van der Waals surface area (Å²) in [4.78, 5) is 27.2. The first kappa shape index (κ1) is 17.0. The molecule has 0 aromatic heterocycles. The molecule has 0 aromatic rings. The molecule has 4 unspecified atom stereocenters. The first-order valence-electron chi connectivity index (χ1n) is 7.77. The summed E-state index contributed by atoms with van der Waals surface area (Å²) in [5.41, 5.74) is -0.265. The Morgan fingerprint density at radius 3 is 2.10 bits per heavy atom. The number of hydrogen-bond acceptors (Lipinski definition) is 2. The maximum Gasteiger partial charge on any atom is 0.246 e. The number of carbonyl (C=O) groups is 2. The van der Waals surface area contributed by atoms with Gasteiger partial charge in [0.2, 0.25) is 11.8 Å². The molecule has 0 aromatic carbocycles. The minimum absolute atomic E-state index is 0.000764. The monoisotopic (exact) mass is 282 g/mol. The van der Waals surface area contributed by atoms with Crippen LogP contribution in [0.15, 0.2) is 0 Å². The molecule has 1 N–H and O–H groups in total. The number of hydrogen-bond donors (Lipinski definition) is 1. The molecule has 0 aliphatic carbocycles. The Morgan fingerprint density at radius 1 is 1.15 bits per heavy atom. The van der Waals surface area contributed by atoms with E-state index >= 15 is 0 Å². The summed E-state index contributed by atoms with van der Waals surface area (Å²) < 4.78 is 0. The highest BCUT2D eigenvalue weighted by Gasteiger charge is 2.47. The van der Waals surface area contributed by atoms with Gasteiger partial charge in [0.1, 0.15) is 12.1 Å². The molecule has 20 heavy (non-hydrogen) atoms. The fourth-order valence-corrected chi connectivity index (χ4v) is 2.73. The number of rotatable bonds is 4. The summed E-state index contributed by atoms with van der Waals surface area (Å²) in [6, 6.07) is -0.664. The summed E-state index contributed by atoms with van der Waals surface area (Å²) in [6.45, 7) is 14.2. The van der Waals surface area contributed by atoms with E-state index in [4.69, 9.17) is 0 Å². The standard InChI is InChI=1S/C16H30N2O2/c1-8-10(3)12-14(19)17-13(16(5,6)7)15(20)18(12)11(4)9-2/h10-13H,8-9H2,1-7H3,(H,17,19). The Labute approximate surface area is 123 Å². The maximum atomic E-state index is 12.9. The van der Waals surface area contributed by atoms with Gasteiger partial charge in [0.25, 0.3) is 0 Å². The molecule has 2 amide bonds. The normalized spacial score (nSPS) is 27.2. The molecule has 0 bridgehead atoms. The molecule has 4 heteroatoms. The summed E-state index contributed by atoms with van der Waals surface area (Å²) in [5.74, 6) is 0.241. The van der Waals surface area contributed by atoms with Crippen molar-refractivity contribution in [2.75, 3.05) is 0 Å². The van der Waals surface area contributed by atoms with Gasteiger partial charge in [-0.1, -0.05) is 48.0 Å². The highest BCUT2D eigenvalue weighted by Crippen LogP contribution is 2.30. The van der Waals surface area contributed by atoms with Crippen LogP contribution in [0, 0.1) is 11.3 Å². The SMILES string of the molecule is CCC(C)C1C(=O)NC(C(C)(C)C)C(=O)N1C(C)CC. The topological polar surface area (TPSA) is 49.4 Å². The van der Waals surface area contributed by atoms with E-state index in [1.165, 1.54) is 0 Å². The van der Waals surface area contributed by atoms with Gasteiger partial charge in [-0.2, -0.15) is 0 Å². The van der Waals surface area contributed by atoms with Crippen molar-refractivity contribution in [3.05, 3.63) is 0 Å². The van der Waals surface area contributed by atoms with E-state index in [-0.39, 0.29) is 35.2 Å². The molecule has 0 spiro atoms. The Balaban J connectivity index is 3.18. The van der Waals surface area contributed by atoms with E-state index < -0.39 is 6.04 Å². The fourth-order valence-electron chi connectivity index (χ4n) is 2.73. The molecule has 1 rings (SSSR count). The zero-order valence-electron chi connectivity index (χ0n) is 14.0. The van der Waals surface area contributed by atoms with Crippen LogP contribution in [0.5, 0.6) is 0 Å². The molecule has 1 aliphatic heterocycles. The number of carbonyl (C=O) groups excluding carboxylic acids is 2. The predicted molar refractivity (Wildman–Crippen MR) is 81.2 cm³/mol. The van der Waals surface area contributed by atoms with E-state index in [0.717, 1.165) is 12.8 Å². The molecule has 0 radical (unpaired) electrons. The van der Waals surface area contributed by atoms with Gasteiger partial charge >= 0.3 is 0 Å². The second kappa shape index (κ2) is 6.15. The van der Waals surface area contributed by atoms with Crippen molar-refractivity contribution in [2.24, 2.45) is 11.3 Å². The van der Waals surface area contributed by atoms with Crippen LogP contribution < -0.4 is 5.32 Å². The Bertz CT molecular complexity index is 373. The van der Waals surface area contributed by atoms with Gasteiger partial charge in [0.05, 0.1) is 0 Å². The van der Waals surface area contributed by atoms with Crippen molar-refractivity contribution in [3.8, 4) is 0 Å². The van der Waals surface area contributed by atoms with E-state index in [1.807, 2.05) is 39.5 Å². The minimum atomic E-state index is -0.427. The third-order valence-electron chi connectivity index (χ3n) is 4.47. The van der Waals surface area contributed by atoms with Gasteiger partial charge in [0, 0.05) is 6.04 Å². The molecular weight excluding hydrogens is 252 g/mol. The van der Waals surface area contributed by atoms with Crippen molar-refractivity contribution >= 4 is 11.8 Å². The zero-order chi connectivity index (χ0) is 15.7. The minimum Gasteiger partial charge on any atom is -0.342 e. The van der Waals surface area contributed by atoms with Crippen LogP contribution in [0.4, 0.5) is 0 Å². The molecule has 1 fully saturated rings. The van der Waals surface area contributed by atoms with Gasteiger partial charge in [0.15, 0.2) is 0 Å². The fraction of sp³-hybridized carbons (Fsp3) is 0.875. The van der Waals surface area contributed by atoms with Crippen LogP contribution in [0.3, 0.4) is 0 Å². The summed E-state index contributed by atoms with van der Waals surface area (Å²) in [7, 11) is 0. The van der Waals surface area contributed by atoms with Gasteiger partial charge in [-0.25, -0.2) is 0 Å². The van der Waals surface area contributed by atoms with Crippen LogP contribution in [0.2, 0.25) is 0 Å². The lowest BCUT2D eigenvalue weighted by molar-refractivity contribution is -0.157. The van der Waals surface area contributed by atoms with Gasteiger partial charge in [-0.05, 0) is 24.7 Å². The van der Waals surface area contributed by atoms with Crippen LogP contribution in [0.1, 0.15) is 61.3 Å². The smallest absolute Gasteiger partial charge is 0.246 e. The molecule has 1 heterocycles. The lowest BCUT2D eigenvalue weighted by Crippen LogP contribution is -2.69. The number of amides is 2. The molecule has 116 valence electrons. The molecule has 4 atom stereocenters. The Morgan fingerprint density at radius 2 is 1.70 bits per heavy atom. The summed E-state index contributed by atoms with van der Waals surface area (Å²) >= 11 is 0. The number of nitrogens with one attached hydrogen (secondary N) is 1. The lowest BCUT2D eigenvalue weighted by atomic mass is 9.81. The molecule has 1 aliphatic rings. The van der Waals surface area contributed by atoms with Crippen molar-refractivity contribution in [2.45, 2.75) is 79.4 Å². The average Bonchev–Trinajstić information content (AvgIpc) is 2.37. The van der Waals surface area contributed by atoms with Crippen molar-refractivity contribution in [1.29, 1.82) is 0 Å². The average molecular weight is 282 g/mol. The van der Waals surface area contributed by atoms with E-state index in [9.17, 15) is 9.59 Å². The highest BCUT2D eigenvalue weighted by atomic mass is 16.2. The molecule has 1 saturated heterocycles. The second-order valence-electron chi connectivity index (χ2n) is 7.14. The first-order valence-corrected chi connectivity index (χ1v) is 7.77. The summed E-state index contributed by atoms with van der Waals surface area (Å²) in [5, 5.41) is 2.95. The van der Waals surface area contributed by atoms with Gasteiger partial charge < -0.3 is 10.2 Å². The van der Waals surface area contributed by atoms with Crippen LogP contribution in [0.25, 0.3) is 0 Å². The first-order chi connectivity index (χ1) is 9.15. The van der Waals surface area contributed by atoms with Crippen molar-refractivity contribution in [1.82, 2.24) is 10.2 Å². The van der Waals surface area contributed by atoms with Gasteiger partial charge in [-0.3, -0.25) is 9.59 Å². The third kappa shape index (κ3) is 3.15. The van der Waals surface area contributed by atoms with Crippen LogP contribution >= 0.6 is 0 Å². The highest BCUT2D eigenvalue weighted by molar-refractivity contribution is 5.97. The largest absolute Gasteiger partial charge is 0.342 e. The van der Waals surface area contributed by atoms with Gasteiger partial charge in [-0.15, -0.1) is 0 Å².